The van der Waals surface area contributed by atoms with Crippen molar-refractivity contribution in [3.8, 4) is 0 Å². The zero-order valence-corrected chi connectivity index (χ0v) is 12.4. The smallest absolute Gasteiger partial charge is 0.420 e. The van der Waals surface area contributed by atoms with Crippen molar-refractivity contribution in [1.29, 1.82) is 0 Å². The molecule has 2 aromatic rings. The van der Waals surface area contributed by atoms with Gasteiger partial charge in [-0.2, -0.15) is 0 Å². The third-order valence-corrected chi connectivity index (χ3v) is 3.61. The number of hydrogen-bond donors (Lipinski definition) is 1. The number of ether oxygens (including phenoxy) is 1. The molecule has 0 aliphatic carbocycles. The lowest BCUT2D eigenvalue weighted by Gasteiger charge is -2.13. The maximum Gasteiger partial charge on any atom is 0.420 e. The number of nitrogens with zero attached hydrogens (tertiary/aromatic N) is 2. The fourth-order valence-corrected chi connectivity index (χ4v) is 2.55. The quantitative estimate of drug-likeness (QED) is 0.911. The number of hydrogen-bond acceptors (Lipinski definition) is 5. The van der Waals surface area contributed by atoms with Crippen LogP contribution in [0.5, 0.6) is 0 Å². The monoisotopic (exact) mass is 323 g/mol. The van der Waals surface area contributed by atoms with Crippen molar-refractivity contribution >= 4 is 28.8 Å². The molecule has 2 N–H and O–H groups in total. The topological polar surface area (TPSA) is 108 Å². The molecule has 0 radical (unpaired) electrons. The summed E-state index contributed by atoms with van der Waals surface area (Å²) in [6.07, 6.45) is -1.92. The van der Waals surface area contributed by atoms with Crippen molar-refractivity contribution in [1.82, 2.24) is 4.57 Å². The van der Waals surface area contributed by atoms with Crippen LogP contribution in [0.2, 0.25) is 0 Å². The van der Waals surface area contributed by atoms with E-state index < -0.39 is 29.7 Å². The Hall–Kier alpha value is -2.84. The number of cyclic esters (lactones) is 1. The Morgan fingerprint density at radius 1 is 1.39 bits per heavy atom. The molecule has 2 amide bonds. The van der Waals surface area contributed by atoms with Gasteiger partial charge in [0.15, 0.2) is 17.5 Å². The molecule has 8 nitrogen and oxygen atoms in total. The standard InChI is InChI=1S/C14H14FN3O5/c1-6(2)18-11-8(15)3-7(4-9(11)22-14(18)21)17-5-10(12(16)19)23-13(17)20/h3-4,6,10H,5H2,1-2H3,(H2,16,19)/t10-/m1/s1. The summed E-state index contributed by atoms with van der Waals surface area (Å²) in [6, 6.07) is 2.14. The Labute approximate surface area is 129 Å². The number of oxazole rings is 1. The molecule has 0 spiro atoms. The minimum atomic E-state index is -1.10. The molecular formula is C14H14FN3O5. The van der Waals surface area contributed by atoms with Crippen molar-refractivity contribution in [2.24, 2.45) is 5.73 Å². The second-order valence-electron chi connectivity index (χ2n) is 5.49. The number of amides is 2. The van der Waals surface area contributed by atoms with E-state index in [0.29, 0.717) is 0 Å². The molecule has 3 rings (SSSR count). The SMILES string of the molecule is CC(C)n1c(=O)oc2cc(N3C[C@H](C(N)=O)OC3=O)cc(F)c21. The summed E-state index contributed by atoms with van der Waals surface area (Å²) in [6.45, 7) is 3.31. The predicted octanol–water partition coefficient (Wildman–Crippen LogP) is 1.12. The van der Waals surface area contributed by atoms with E-state index in [1.165, 1.54) is 10.6 Å². The van der Waals surface area contributed by atoms with Crippen LogP contribution in [0.1, 0.15) is 19.9 Å². The molecule has 23 heavy (non-hydrogen) atoms. The number of benzene rings is 1. The van der Waals surface area contributed by atoms with Crippen LogP contribution in [0, 0.1) is 5.82 Å². The first kappa shape index (κ1) is 15.1. The lowest BCUT2D eigenvalue weighted by Crippen LogP contribution is -2.32. The summed E-state index contributed by atoms with van der Waals surface area (Å²) >= 11 is 0. The zero-order chi connectivity index (χ0) is 16.9. The lowest BCUT2D eigenvalue weighted by atomic mass is 10.2. The summed E-state index contributed by atoms with van der Waals surface area (Å²) in [7, 11) is 0. The van der Waals surface area contributed by atoms with Crippen molar-refractivity contribution in [2.45, 2.75) is 26.0 Å². The zero-order valence-electron chi connectivity index (χ0n) is 12.4. The molecule has 1 aliphatic heterocycles. The molecule has 2 heterocycles. The van der Waals surface area contributed by atoms with Gasteiger partial charge in [0.05, 0.1) is 12.2 Å². The maximum atomic E-state index is 14.4. The van der Waals surface area contributed by atoms with E-state index in [1.807, 2.05) is 0 Å². The highest BCUT2D eigenvalue weighted by Crippen LogP contribution is 2.29. The molecule has 1 aromatic carbocycles. The third-order valence-electron chi connectivity index (χ3n) is 3.61. The van der Waals surface area contributed by atoms with Crippen molar-refractivity contribution in [3.63, 3.8) is 0 Å². The highest BCUT2D eigenvalue weighted by atomic mass is 19.1. The van der Waals surface area contributed by atoms with Crippen molar-refractivity contribution in [2.75, 3.05) is 11.4 Å². The first-order valence-corrected chi connectivity index (χ1v) is 6.91. The van der Waals surface area contributed by atoms with Crippen molar-refractivity contribution in [3.05, 3.63) is 28.5 Å². The van der Waals surface area contributed by atoms with Gasteiger partial charge < -0.3 is 14.9 Å². The first-order chi connectivity index (χ1) is 10.8. The van der Waals surface area contributed by atoms with Crippen LogP contribution in [0.4, 0.5) is 14.9 Å². The molecule has 9 heteroatoms. The van der Waals surface area contributed by atoms with E-state index in [1.54, 1.807) is 13.8 Å². The van der Waals surface area contributed by atoms with Gasteiger partial charge in [-0.25, -0.2) is 14.0 Å². The Kier molecular flexibility index (Phi) is 3.35. The van der Waals surface area contributed by atoms with Gasteiger partial charge in [-0.1, -0.05) is 0 Å². The Morgan fingerprint density at radius 2 is 2.09 bits per heavy atom. The van der Waals surface area contributed by atoms with E-state index in [9.17, 15) is 18.8 Å². The van der Waals surface area contributed by atoms with Gasteiger partial charge in [0.2, 0.25) is 0 Å². The molecule has 1 saturated heterocycles. The largest absolute Gasteiger partial charge is 0.434 e. The molecular weight excluding hydrogens is 309 g/mol. The van der Waals surface area contributed by atoms with E-state index in [2.05, 4.69) is 0 Å². The fourth-order valence-electron chi connectivity index (χ4n) is 2.55. The minimum absolute atomic E-state index is 0.00836. The van der Waals surface area contributed by atoms with Gasteiger partial charge in [-0.3, -0.25) is 14.3 Å². The van der Waals surface area contributed by atoms with Crippen LogP contribution in [0.3, 0.4) is 0 Å². The number of nitrogens with two attached hydrogens (primary N) is 1. The summed E-state index contributed by atoms with van der Waals surface area (Å²) in [5.41, 5.74) is 5.25. The van der Waals surface area contributed by atoms with E-state index in [4.69, 9.17) is 14.9 Å². The Bertz CT molecular complexity index is 869. The van der Waals surface area contributed by atoms with Crippen LogP contribution in [-0.4, -0.2) is 29.2 Å². The average Bonchev–Trinajstić information content (AvgIpc) is 2.98. The van der Waals surface area contributed by atoms with Gasteiger partial charge in [0.25, 0.3) is 5.91 Å². The first-order valence-electron chi connectivity index (χ1n) is 6.91. The second-order valence-corrected chi connectivity index (χ2v) is 5.49. The average molecular weight is 323 g/mol. The van der Waals surface area contributed by atoms with Gasteiger partial charge in [0.1, 0.15) is 5.52 Å². The summed E-state index contributed by atoms with van der Waals surface area (Å²) in [4.78, 5) is 35.8. The number of carbonyl (C=O) groups excluding carboxylic acids is 2. The van der Waals surface area contributed by atoms with Crippen LogP contribution < -0.4 is 16.4 Å². The molecule has 1 aliphatic rings. The number of rotatable bonds is 3. The van der Waals surface area contributed by atoms with Gasteiger partial charge in [-0.05, 0) is 13.8 Å². The van der Waals surface area contributed by atoms with Gasteiger partial charge in [0, 0.05) is 18.2 Å². The van der Waals surface area contributed by atoms with Gasteiger partial charge >= 0.3 is 11.8 Å². The fraction of sp³-hybridized carbons (Fsp3) is 0.357. The molecule has 0 bridgehead atoms. The van der Waals surface area contributed by atoms with Crippen LogP contribution in [0.15, 0.2) is 21.3 Å². The van der Waals surface area contributed by atoms with E-state index >= 15 is 0 Å². The molecule has 1 aromatic heterocycles. The normalized spacial score (nSPS) is 18.0. The maximum absolute atomic E-state index is 14.4. The van der Waals surface area contributed by atoms with Crippen molar-refractivity contribution < 1.29 is 23.1 Å². The molecule has 0 unspecified atom stereocenters. The molecule has 1 atom stereocenters. The molecule has 1 fully saturated rings. The Balaban J connectivity index is 2.09. The number of aromatic nitrogens is 1. The summed E-state index contributed by atoms with van der Waals surface area (Å²) in [5.74, 6) is -2.20. The van der Waals surface area contributed by atoms with E-state index in [-0.39, 0.29) is 29.4 Å². The van der Waals surface area contributed by atoms with Crippen LogP contribution in [0.25, 0.3) is 11.1 Å². The summed E-state index contributed by atoms with van der Waals surface area (Å²) in [5, 5.41) is 0. The number of halogens is 1. The molecule has 122 valence electrons. The second kappa shape index (κ2) is 5.11. The number of primary amides is 1. The van der Waals surface area contributed by atoms with E-state index in [0.717, 1.165) is 11.0 Å². The Morgan fingerprint density at radius 3 is 2.65 bits per heavy atom. The van der Waals surface area contributed by atoms with Gasteiger partial charge in [-0.15, -0.1) is 0 Å². The highest BCUT2D eigenvalue weighted by molar-refractivity contribution is 5.96. The number of anilines is 1. The lowest BCUT2D eigenvalue weighted by molar-refractivity contribution is -0.124. The summed E-state index contributed by atoms with van der Waals surface area (Å²) < 4.78 is 25.5. The number of carbonyl (C=O) groups is 2. The van der Waals surface area contributed by atoms with Crippen LogP contribution in [-0.2, 0) is 9.53 Å². The predicted molar refractivity (Wildman–Crippen MR) is 77.6 cm³/mol. The molecule has 0 saturated carbocycles. The highest BCUT2D eigenvalue weighted by Gasteiger charge is 2.36. The number of fused-ring (bicyclic) bond motifs is 1. The minimum Gasteiger partial charge on any atom is -0.434 e. The third kappa shape index (κ3) is 2.33. The van der Waals surface area contributed by atoms with Crippen LogP contribution >= 0.6 is 0 Å².